The quantitative estimate of drug-likeness (QED) is 0.679. The van der Waals surface area contributed by atoms with Gasteiger partial charge < -0.3 is 25.0 Å². The van der Waals surface area contributed by atoms with Gasteiger partial charge in [0.15, 0.2) is 0 Å². The number of benzene rings is 2. The van der Waals surface area contributed by atoms with Crippen LogP contribution in [0.3, 0.4) is 0 Å². The van der Waals surface area contributed by atoms with Gasteiger partial charge in [-0.25, -0.2) is 0 Å². The maximum absolute atomic E-state index is 10.7. The van der Waals surface area contributed by atoms with Crippen LogP contribution in [0.4, 0.5) is 11.5 Å². The van der Waals surface area contributed by atoms with E-state index < -0.39 is 0 Å². The first-order valence-electron chi connectivity index (χ1n) is 11.1. The minimum Gasteiger partial charge on any atom is -0.506 e. The molecule has 3 aliphatic heterocycles. The van der Waals surface area contributed by atoms with E-state index in [0.29, 0.717) is 30.4 Å². The van der Waals surface area contributed by atoms with E-state index in [1.165, 1.54) is 18.4 Å². The summed E-state index contributed by atoms with van der Waals surface area (Å²) in [4.78, 5) is 14.2. The Bertz CT molecular complexity index is 1140. The highest BCUT2D eigenvalue weighted by Gasteiger charge is 2.35. The van der Waals surface area contributed by atoms with E-state index in [-0.39, 0.29) is 0 Å². The number of ether oxygens (including phenoxy) is 1. The number of methoxy groups -OCH3 is 1. The Morgan fingerprint density at radius 1 is 1.03 bits per heavy atom. The fourth-order valence-electron chi connectivity index (χ4n) is 5.48. The van der Waals surface area contributed by atoms with Crippen molar-refractivity contribution < 1.29 is 9.84 Å². The largest absolute Gasteiger partial charge is 0.506 e. The second-order valence-corrected chi connectivity index (χ2v) is 8.83. The molecule has 4 heterocycles. The number of hydrogen-bond acceptors (Lipinski definition) is 7. The molecule has 2 bridgehead atoms. The number of fused-ring (bicyclic) bond motifs is 4. The monoisotopic (exact) mass is 417 g/mol. The van der Waals surface area contributed by atoms with E-state index in [2.05, 4.69) is 27.2 Å². The molecule has 7 nitrogen and oxygen atoms in total. The van der Waals surface area contributed by atoms with Crippen LogP contribution in [0.15, 0.2) is 36.4 Å². The molecule has 160 valence electrons. The lowest BCUT2D eigenvalue weighted by atomic mass is 10.0. The number of aromatic hydroxyl groups is 1. The molecule has 3 aliphatic rings. The van der Waals surface area contributed by atoms with Crippen molar-refractivity contribution in [1.29, 1.82) is 0 Å². The highest BCUT2D eigenvalue weighted by molar-refractivity contribution is 5.97. The molecule has 0 radical (unpaired) electrons. The number of aromatic nitrogens is 2. The molecule has 0 spiro atoms. The van der Waals surface area contributed by atoms with Crippen LogP contribution in [0.2, 0.25) is 0 Å². The molecule has 0 aliphatic carbocycles. The maximum atomic E-state index is 10.7. The second kappa shape index (κ2) is 7.27. The van der Waals surface area contributed by atoms with Crippen molar-refractivity contribution in [2.24, 2.45) is 0 Å². The predicted molar refractivity (Wildman–Crippen MR) is 121 cm³/mol. The van der Waals surface area contributed by atoms with Crippen molar-refractivity contribution in [3.05, 3.63) is 47.7 Å². The van der Waals surface area contributed by atoms with Crippen molar-refractivity contribution in [1.82, 2.24) is 15.3 Å². The van der Waals surface area contributed by atoms with Crippen LogP contribution in [0, 0.1) is 0 Å². The van der Waals surface area contributed by atoms with Crippen LogP contribution in [0.25, 0.3) is 10.8 Å². The molecule has 2 saturated heterocycles. The SMILES string of the molecule is COc1nc2c(c(N3CC4CCC(C3)N4)n1)CCN(c1c(O)ccc3ccccc13)C2. The van der Waals surface area contributed by atoms with Crippen LogP contribution >= 0.6 is 0 Å². The van der Waals surface area contributed by atoms with Gasteiger partial charge in [-0.2, -0.15) is 9.97 Å². The fourth-order valence-corrected chi connectivity index (χ4v) is 5.48. The summed E-state index contributed by atoms with van der Waals surface area (Å²) in [5.74, 6) is 1.34. The molecule has 2 N–H and O–H groups in total. The number of rotatable bonds is 3. The van der Waals surface area contributed by atoms with E-state index in [0.717, 1.165) is 54.0 Å². The summed E-state index contributed by atoms with van der Waals surface area (Å²) in [5.41, 5.74) is 3.09. The van der Waals surface area contributed by atoms with Gasteiger partial charge in [0.25, 0.3) is 0 Å². The Morgan fingerprint density at radius 2 is 1.84 bits per heavy atom. The molecule has 7 heteroatoms. The molecule has 31 heavy (non-hydrogen) atoms. The lowest BCUT2D eigenvalue weighted by Crippen LogP contribution is -2.52. The molecule has 6 rings (SSSR count). The number of nitrogens with one attached hydrogen (secondary N) is 1. The Morgan fingerprint density at radius 3 is 2.65 bits per heavy atom. The molecule has 0 saturated carbocycles. The molecule has 2 unspecified atom stereocenters. The van der Waals surface area contributed by atoms with Crippen LogP contribution in [-0.2, 0) is 13.0 Å². The molecule has 1 aromatic heterocycles. The number of anilines is 2. The van der Waals surface area contributed by atoms with E-state index >= 15 is 0 Å². The third-order valence-electron chi connectivity index (χ3n) is 6.92. The number of phenols is 1. The smallest absolute Gasteiger partial charge is 0.318 e. The summed E-state index contributed by atoms with van der Waals surface area (Å²) in [6.45, 7) is 3.41. The molecule has 2 atom stereocenters. The van der Waals surface area contributed by atoms with Gasteiger partial charge >= 0.3 is 6.01 Å². The average Bonchev–Trinajstić information content (AvgIpc) is 3.15. The first-order chi connectivity index (χ1) is 15.2. The maximum Gasteiger partial charge on any atom is 0.318 e. The minimum absolute atomic E-state index is 0.307. The molecule has 0 amide bonds. The number of nitrogens with zero attached hydrogens (tertiary/aromatic N) is 4. The zero-order valence-electron chi connectivity index (χ0n) is 17.7. The number of hydrogen-bond donors (Lipinski definition) is 2. The summed E-state index contributed by atoms with van der Waals surface area (Å²) in [5, 5.41) is 16.6. The Kier molecular flexibility index (Phi) is 4.38. The van der Waals surface area contributed by atoms with Crippen LogP contribution in [0.1, 0.15) is 24.1 Å². The van der Waals surface area contributed by atoms with Crippen molar-refractivity contribution in [2.75, 3.05) is 36.5 Å². The van der Waals surface area contributed by atoms with Gasteiger partial charge in [-0.15, -0.1) is 0 Å². The van der Waals surface area contributed by atoms with Gasteiger partial charge in [0.1, 0.15) is 11.6 Å². The lowest BCUT2D eigenvalue weighted by molar-refractivity contribution is 0.374. The highest BCUT2D eigenvalue weighted by atomic mass is 16.5. The van der Waals surface area contributed by atoms with Gasteiger partial charge in [0.2, 0.25) is 0 Å². The van der Waals surface area contributed by atoms with E-state index in [1.807, 2.05) is 18.2 Å². The topological polar surface area (TPSA) is 73.8 Å². The molecule has 2 aromatic carbocycles. The Hall–Kier alpha value is -3.06. The summed E-state index contributed by atoms with van der Waals surface area (Å²) >= 11 is 0. The van der Waals surface area contributed by atoms with Crippen molar-refractivity contribution in [2.45, 2.75) is 37.9 Å². The minimum atomic E-state index is 0.307. The average molecular weight is 418 g/mol. The van der Waals surface area contributed by atoms with Gasteiger partial charge in [0, 0.05) is 42.7 Å². The van der Waals surface area contributed by atoms with Crippen molar-refractivity contribution in [3.8, 4) is 11.8 Å². The van der Waals surface area contributed by atoms with Gasteiger partial charge in [-0.1, -0.05) is 30.3 Å². The van der Waals surface area contributed by atoms with Crippen molar-refractivity contribution in [3.63, 3.8) is 0 Å². The number of piperazine rings is 1. The zero-order valence-corrected chi connectivity index (χ0v) is 17.7. The normalized spacial score (nSPS) is 22.6. The number of phenolic OH excluding ortho intramolecular Hbond substituents is 1. The van der Waals surface area contributed by atoms with Crippen LogP contribution in [0.5, 0.6) is 11.8 Å². The molecular weight excluding hydrogens is 390 g/mol. The second-order valence-electron chi connectivity index (χ2n) is 8.83. The molecular formula is C24H27N5O2. The van der Waals surface area contributed by atoms with Crippen LogP contribution < -0.4 is 19.9 Å². The lowest BCUT2D eigenvalue weighted by Gasteiger charge is -2.37. The van der Waals surface area contributed by atoms with E-state index in [9.17, 15) is 5.11 Å². The third-order valence-corrected chi connectivity index (χ3v) is 6.92. The Labute approximate surface area is 181 Å². The van der Waals surface area contributed by atoms with Gasteiger partial charge in [-0.05, 0) is 30.7 Å². The zero-order chi connectivity index (χ0) is 20.9. The summed E-state index contributed by atoms with van der Waals surface area (Å²) in [7, 11) is 1.63. The highest BCUT2D eigenvalue weighted by Crippen LogP contribution is 2.39. The first-order valence-corrected chi connectivity index (χ1v) is 11.1. The third kappa shape index (κ3) is 3.15. The van der Waals surface area contributed by atoms with Crippen molar-refractivity contribution >= 4 is 22.3 Å². The summed E-state index contributed by atoms with van der Waals surface area (Å²) in [6.07, 6.45) is 3.32. The van der Waals surface area contributed by atoms with Gasteiger partial charge in [0.05, 0.1) is 25.0 Å². The summed E-state index contributed by atoms with van der Waals surface area (Å²) < 4.78 is 5.48. The standard InChI is InChI=1S/C24H27N5O2/c1-31-24-26-20-14-28(22-18-5-3-2-4-15(18)6-9-21(22)30)11-10-19(20)23(27-24)29-12-16-7-8-17(13-29)25-16/h2-6,9,16-17,25,30H,7-8,10-14H2,1H3. The van der Waals surface area contributed by atoms with E-state index in [1.54, 1.807) is 13.2 Å². The van der Waals surface area contributed by atoms with E-state index in [4.69, 9.17) is 14.7 Å². The first kappa shape index (κ1) is 18.7. The summed E-state index contributed by atoms with van der Waals surface area (Å²) in [6, 6.07) is 13.5. The molecule has 3 aromatic rings. The fraction of sp³-hybridized carbons (Fsp3) is 0.417. The predicted octanol–water partition coefficient (Wildman–Crippen LogP) is 2.85. The van der Waals surface area contributed by atoms with Gasteiger partial charge in [-0.3, -0.25) is 0 Å². The molecule has 2 fully saturated rings. The Balaban J connectivity index is 1.39. The van der Waals surface area contributed by atoms with Crippen LogP contribution in [-0.4, -0.2) is 53.9 Å².